The highest BCUT2D eigenvalue weighted by Crippen LogP contribution is 2.35. The number of aromatic hydroxyl groups is 1. The lowest BCUT2D eigenvalue weighted by atomic mass is 9.93. The van der Waals surface area contributed by atoms with Gasteiger partial charge in [0.1, 0.15) is 41.7 Å². The van der Waals surface area contributed by atoms with Gasteiger partial charge in [-0.1, -0.05) is 18.2 Å². The number of rotatable bonds is 5. The average Bonchev–Trinajstić information content (AvgIpc) is 2.83. The Labute approximate surface area is 195 Å². The second kappa shape index (κ2) is 10.1. The first-order chi connectivity index (χ1) is 16.3. The van der Waals surface area contributed by atoms with E-state index in [0.717, 1.165) is 0 Å². The predicted molar refractivity (Wildman–Crippen MR) is 117 cm³/mol. The zero-order valence-electron chi connectivity index (χ0n) is 18.3. The molecule has 0 aromatic heterocycles. The van der Waals surface area contributed by atoms with Crippen LogP contribution in [0.4, 0.5) is 0 Å². The van der Waals surface area contributed by atoms with Crippen LogP contribution in [0.5, 0.6) is 17.2 Å². The van der Waals surface area contributed by atoms with Crippen LogP contribution in [0.25, 0.3) is 5.57 Å². The van der Waals surface area contributed by atoms with Gasteiger partial charge in [-0.15, -0.1) is 0 Å². The molecule has 10 heteroatoms. The summed E-state index contributed by atoms with van der Waals surface area (Å²) in [6.45, 7) is -0.606. The summed E-state index contributed by atoms with van der Waals surface area (Å²) in [7, 11) is 1.49. The molecule has 2 aromatic rings. The third-order valence-corrected chi connectivity index (χ3v) is 5.86. The quantitative estimate of drug-likeness (QED) is 0.298. The van der Waals surface area contributed by atoms with Crippen molar-refractivity contribution >= 4 is 11.5 Å². The van der Waals surface area contributed by atoms with Gasteiger partial charge >= 0.3 is 5.97 Å². The fraction of sp³-hybridized carbons (Fsp3) is 0.375. The monoisotopic (exact) mass is 474 g/mol. The molecule has 5 N–H and O–H groups in total. The molecular formula is C24H26O10. The van der Waals surface area contributed by atoms with Gasteiger partial charge in [0.2, 0.25) is 0 Å². The number of aliphatic hydroxyl groups is 4. The van der Waals surface area contributed by atoms with Gasteiger partial charge in [0.05, 0.1) is 19.8 Å². The average molecular weight is 474 g/mol. The summed E-state index contributed by atoms with van der Waals surface area (Å²) in [5.41, 5.74) is 1.53. The van der Waals surface area contributed by atoms with Gasteiger partial charge in [-0.2, -0.15) is 0 Å². The van der Waals surface area contributed by atoms with Crippen molar-refractivity contribution in [2.45, 2.75) is 43.2 Å². The van der Waals surface area contributed by atoms with Crippen molar-refractivity contribution in [1.82, 2.24) is 0 Å². The van der Waals surface area contributed by atoms with Crippen molar-refractivity contribution < 1.29 is 49.3 Å². The fourth-order valence-corrected chi connectivity index (χ4v) is 3.98. The van der Waals surface area contributed by atoms with E-state index in [1.54, 1.807) is 30.3 Å². The topological polar surface area (TPSA) is 155 Å². The molecule has 0 bridgehead atoms. The van der Waals surface area contributed by atoms with Gasteiger partial charge in [0.25, 0.3) is 0 Å². The third kappa shape index (κ3) is 4.92. The zero-order chi connectivity index (χ0) is 24.4. The third-order valence-electron chi connectivity index (χ3n) is 5.86. The van der Waals surface area contributed by atoms with Crippen molar-refractivity contribution in [3.05, 3.63) is 59.7 Å². The van der Waals surface area contributed by atoms with E-state index in [9.17, 15) is 30.3 Å². The number of carbonyl (C=O) groups is 1. The zero-order valence-corrected chi connectivity index (χ0v) is 18.3. The van der Waals surface area contributed by atoms with Gasteiger partial charge in [-0.3, -0.25) is 0 Å². The van der Waals surface area contributed by atoms with Crippen molar-refractivity contribution in [1.29, 1.82) is 0 Å². The molecule has 0 spiro atoms. The summed E-state index contributed by atoms with van der Waals surface area (Å²) in [6.07, 6.45) is -6.81. The number of benzene rings is 2. The Kier molecular flexibility index (Phi) is 7.17. The molecule has 182 valence electrons. The lowest BCUT2D eigenvalue weighted by Crippen LogP contribution is -2.59. The minimum absolute atomic E-state index is 0.0293. The molecule has 10 nitrogen and oxygen atoms in total. The lowest BCUT2D eigenvalue weighted by molar-refractivity contribution is -0.306. The van der Waals surface area contributed by atoms with Crippen LogP contribution in [0.1, 0.15) is 11.1 Å². The first kappa shape index (κ1) is 24.1. The number of hydrogen-bond donors (Lipinski definition) is 5. The van der Waals surface area contributed by atoms with Crippen LogP contribution in [0, 0.1) is 0 Å². The van der Waals surface area contributed by atoms with Crippen LogP contribution in [-0.4, -0.2) is 82.0 Å². The number of fused-ring (bicyclic) bond motifs is 1. The maximum absolute atomic E-state index is 12.7. The number of phenolic OH excluding ortho intramolecular Hbond substituents is 1. The van der Waals surface area contributed by atoms with Gasteiger partial charge in [-0.25, -0.2) is 4.79 Å². The Morgan fingerprint density at radius 1 is 1.03 bits per heavy atom. The van der Waals surface area contributed by atoms with Crippen molar-refractivity contribution in [3.63, 3.8) is 0 Å². The molecule has 1 fully saturated rings. The van der Waals surface area contributed by atoms with Gasteiger partial charge in [-0.05, 0) is 34.9 Å². The lowest BCUT2D eigenvalue weighted by Gasteiger charge is -2.41. The number of ether oxygens (including phenoxy) is 4. The van der Waals surface area contributed by atoms with Gasteiger partial charge in [0.15, 0.2) is 6.29 Å². The summed E-state index contributed by atoms with van der Waals surface area (Å²) in [6, 6.07) is 11.1. The van der Waals surface area contributed by atoms with Crippen LogP contribution in [0.3, 0.4) is 0 Å². The summed E-state index contributed by atoms with van der Waals surface area (Å²) in [5, 5.41) is 49.9. The van der Waals surface area contributed by atoms with Crippen LogP contribution < -0.4 is 9.47 Å². The summed E-state index contributed by atoms with van der Waals surface area (Å²) < 4.78 is 22.3. The largest absolute Gasteiger partial charge is 0.508 e. The van der Waals surface area contributed by atoms with Gasteiger partial charge < -0.3 is 44.5 Å². The SMILES string of the molecule is COc1ccc2c(c1)OC(=O)C=C(c1ccc(O)cc1)C(OC1OC(CO)C(O)C(O)C1O)C2. The minimum atomic E-state index is -1.62. The van der Waals surface area contributed by atoms with Crippen molar-refractivity contribution in [2.24, 2.45) is 0 Å². The minimum Gasteiger partial charge on any atom is -0.508 e. The Morgan fingerprint density at radius 2 is 1.76 bits per heavy atom. The van der Waals surface area contributed by atoms with E-state index in [0.29, 0.717) is 22.4 Å². The highest BCUT2D eigenvalue weighted by Gasteiger charge is 2.45. The number of methoxy groups -OCH3 is 1. The molecule has 2 aliphatic heterocycles. The van der Waals surface area contributed by atoms with E-state index in [-0.39, 0.29) is 17.9 Å². The molecular weight excluding hydrogens is 448 g/mol. The first-order valence-corrected chi connectivity index (χ1v) is 10.7. The second-order valence-electron chi connectivity index (χ2n) is 8.07. The number of phenols is 1. The van der Waals surface area contributed by atoms with E-state index in [1.807, 2.05) is 0 Å². The molecule has 2 aliphatic rings. The van der Waals surface area contributed by atoms with Crippen LogP contribution >= 0.6 is 0 Å². The number of aliphatic hydroxyl groups excluding tert-OH is 4. The molecule has 1 saturated heterocycles. The highest BCUT2D eigenvalue weighted by molar-refractivity contribution is 5.94. The van der Waals surface area contributed by atoms with E-state index < -0.39 is 49.4 Å². The van der Waals surface area contributed by atoms with Gasteiger partial charge in [0, 0.05) is 18.6 Å². The maximum Gasteiger partial charge on any atom is 0.336 e. The molecule has 34 heavy (non-hydrogen) atoms. The van der Waals surface area contributed by atoms with E-state index in [1.165, 1.54) is 25.3 Å². The molecule has 0 amide bonds. The number of esters is 1. The first-order valence-electron chi connectivity index (χ1n) is 10.7. The molecule has 4 rings (SSSR count). The summed E-state index contributed by atoms with van der Waals surface area (Å²) in [4.78, 5) is 12.7. The molecule has 6 atom stereocenters. The second-order valence-corrected chi connectivity index (χ2v) is 8.07. The van der Waals surface area contributed by atoms with Crippen molar-refractivity contribution in [3.8, 4) is 17.2 Å². The number of hydrogen-bond acceptors (Lipinski definition) is 10. The fourth-order valence-electron chi connectivity index (χ4n) is 3.98. The number of carbonyl (C=O) groups excluding carboxylic acids is 1. The van der Waals surface area contributed by atoms with E-state index in [2.05, 4.69) is 0 Å². The Balaban J connectivity index is 1.73. The van der Waals surface area contributed by atoms with Crippen LogP contribution in [0.2, 0.25) is 0 Å². The summed E-state index contributed by atoms with van der Waals surface area (Å²) in [5.74, 6) is 0.107. The van der Waals surface area contributed by atoms with Crippen LogP contribution in [0.15, 0.2) is 48.5 Å². The Hall–Kier alpha value is -2.99. The van der Waals surface area contributed by atoms with Crippen LogP contribution in [-0.2, 0) is 20.7 Å². The van der Waals surface area contributed by atoms with Crippen molar-refractivity contribution in [2.75, 3.05) is 13.7 Å². The molecule has 6 unspecified atom stereocenters. The van der Waals surface area contributed by atoms with E-state index >= 15 is 0 Å². The molecule has 2 aromatic carbocycles. The highest BCUT2D eigenvalue weighted by atomic mass is 16.7. The van der Waals surface area contributed by atoms with E-state index in [4.69, 9.17) is 18.9 Å². The maximum atomic E-state index is 12.7. The Bertz CT molecular complexity index is 1050. The normalized spacial score (nSPS) is 29.3. The molecule has 0 radical (unpaired) electrons. The standard InChI is InChI=1S/C24H26O10/c1-31-15-7-4-13-8-18(33-24-23(30)22(29)21(28)19(11-25)34-24)16(10-20(27)32-17(13)9-15)12-2-5-14(26)6-3-12/h2-7,9-10,18-19,21-26,28-30H,8,11H2,1H3. The predicted octanol–water partition coefficient (Wildman–Crippen LogP) is 0.131. The summed E-state index contributed by atoms with van der Waals surface area (Å²) >= 11 is 0. The molecule has 2 heterocycles. The molecule has 0 saturated carbocycles. The Morgan fingerprint density at radius 3 is 2.44 bits per heavy atom. The smallest absolute Gasteiger partial charge is 0.336 e. The molecule has 0 aliphatic carbocycles.